The van der Waals surface area contributed by atoms with Gasteiger partial charge in [-0.3, -0.25) is 4.79 Å². The number of nitrogens with one attached hydrogen (secondary N) is 1. The van der Waals surface area contributed by atoms with E-state index in [0.717, 1.165) is 22.6 Å². The maximum Gasteiger partial charge on any atom is 0.226 e. The lowest BCUT2D eigenvalue weighted by molar-refractivity contribution is -0.308. The van der Waals surface area contributed by atoms with Gasteiger partial charge in [0.2, 0.25) is 5.89 Å². The maximum atomic E-state index is 12.4. The minimum atomic E-state index is -1.25. The summed E-state index contributed by atoms with van der Waals surface area (Å²) < 4.78 is 11.7. The minimum Gasteiger partial charge on any atom is -0.548 e. The van der Waals surface area contributed by atoms with E-state index in [0.29, 0.717) is 35.9 Å². The molecule has 7 nitrogen and oxygen atoms in total. The maximum absolute atomic E-state index is 12.4. The number of hydrogen-bond donors (Lipinski definition) is 1. The van der Waals surface area contributed by atoms with Gasteiger partial charge in [-0.1, -0.05) is 60.7 Å². The number of allylic oxidation sites excluding steroid dienone is 2. The first-order valence-electron chi connectivity index (χ1n) is 12.4. The predicted molar refractivity (Wildman–Crippen MR) is 142 cm³/mol. The first kappa shape index (κ1) is 26.4. The number of nitrogens with zero attached hydrogens (tertiary/aromatic N) is 1. The van der Waals surface area contributed by atoms with Crippen LogP contribution in [0.4, 0.5) is 0 Å². The zero-order valence-corrected chi connectivity index (χ0v) is 21.3. The average molecular weight is 510 g/mol. The Labute approximate surface area is 221 Å². The molecule has 0 saturated heterocycles. The van der Waals surface area contributed by atoms with E-state index in [4.69, 9.17) is 9.15 Å². The number of aromatic nitrogens is 1. The van der Waals surface area contributed by atoms with Crippen LogP contribution in [0.2, 0.25) is 0 Å². The summed E-state index contributed by atoms with van der Waals surface area (Å²) in [6, 6.07) is 24.8. The molecule has 4 aromatic rings. The Bertz CT molecular complexity index is 1390. The van der Waals surface area contributed by atoms with E-state index in [1.54, 1.807) is 43.3 Å². The zero-order valence-electron chi connectivity index (χ0n) is 21.3. The van der Waals surface area contributed by atoms with Crippen molar-refractivity contribution in [2.24, 2.45) is 0 Å². The van der Waals surface area contributed by atoms with Gasteiger partial charge in [-0.05, 0) is 50.1 Å². The van der Waals surface area contributed by atoms with Crippen LogP contribution >= 0.6 is 0 Å². The van der Waals surface area contributed by atoms with Gasteiger partial charge in [0.15, 0.2) is 5.78 Å². The summed E-state index contributed by atoms with van der Waals surface area (Å²) in [6.07, 6.45) is 2.17. The highest BCUT2D eigenvalue weighted by atomic mass is 16.5. The number of benzene rings is 3. The lowest BCUT2D eigenvalue weighted by Gasteiger charge is -2.21. The molecule has 7 heteroatoms. The fourth-order valence-corrected chi connectivity index (χ4v) is 3.98. The molecule has 0 fully saturated rings. The average Bonchev–Trinajstić information content (AvgIpc) is 3.30. The van der Waals surface area contributed by atoms with Crippen molar-refractivity contribution >= 4 is 11.8 Å². The van der Waals surface area contributed by atoms with E-state index in [2.05, 4.69) is 10.3 Å². The zero-order chi connectivity index (χ0) is 26.9. The third kappa shape index (κ3) is 7.20. The summed E-state index contributed by atoms with van der Waals surface area (Å²) in [5, 5.41) is 14.6. The van der Waals surface area contributed by atoms with Crippen LogP contribution in [0.3, 0.4) is 0 Å². The van der Waals surface area contributed by atoms with Crippen molar-refractivity contribution in [3.8, 4) is 17.2 Å². The topological polar surface area (TPSA) is 104 Å². The number of oxazole rings is 1. The van der Waals surface area contributed by atoms with Gasteiger partial charge in [0.1, 0.15) is 11.5 Å². The Hall–Kier alpha value is -4.65. The molecule has 1 atom stereocenters. The van der Waals surface area contributed by atoms with Gasteiger partial charge in [-0.15, -0.1) is 0 Å². The molecule has 4 rings (SSSR count). The molecule has 0 aliphatic carbocycles. The molecule has 0 amide bonds. The molecule has 3 aromatic carbocycles. The van der Waals surface area contributed by atoms with Gasteiger partial charge in [0, 0.05) is 29.3 Å². The molecular weight excluding hydrogens is 480 g/mol. The Morgan fingerprint density at radius 1 is 1.00 bits per heavy atom. The third-order valence-corrected chi connectivity index (χ3v) is 5.98. The van der Waals surface area contributed by atoms with Crippen LogP contribution in [0.1, 0.15) is 34.3 Å². The fraction of sp³-hybridized carbons (Fsp3) is 0.194. The number of aliphatic carboxylic acids is 1. The van der Waals surface area contributed by atoms with Gasteiger partial charge in [0.25, 0.3) is 0 Å². The van der Waals surface area contributed by atoms with Crippen molar-refractivity contribution in [2.45, 2.75) is 32.7 Å². The van der Waals surface area contributed by atoms with Crippen molar-refractivity contribution < 1.29 is 23.8 Å². The van der Waals surface area contributed by atoms with Gasteiger partial charge < -0.3 is 24.4 Å². The molecular formula is C31H29N2O5-. The summed E-state index contributed by atoms with van der Waals surface area (Å²) in [5.74, 6) is 0.571. The van der Waals surface area contributed by atoms with Gasteiger partial charge in [0.05, 0.1) is 24.3 Å². The largest absolute Gasteiger partial charge is 0.548 e. The monoisotopic (exact) mass is 509 g/mol. The van der Waals surface area contributed by atoms with Crippen molar-refractivity contribution in [3.05, 3.63) is 119 Å². The standard InChI is InChI=1S/C31H30N2O5/c1-21(19-29(34)24-9-5-3-6-10-24)32-28(31(35)36)20-23-13-15-26(16-14-23)37-18-17-27-22(2)38-30(33-27)25-11-7-4-8-12-25/h3-16,19,28,32H,17-18,20H2,1-2H3,(H,35,36)/p-1/b21-19+/t28-/m0/s1. The van der Waals surface area contributed by atoms with Crippen molar-refractivity contribution in [1.82, 2.24) is 10.3 Å². The van der Waals surface area contributed by atoms with Crippen LogP contribution in [-0.4, -0.2) is 29.4 Å². The Morgan fingerprint density at radius 2 is 1.66 bits per heavy atom. The summed E-state index contributed by atoms with van der Waals surface area (Å²) in [6.45, 7) is 3.97. The molecule has 1 aromatic heterocycles. The van der Waals surface area contributed by atoms with E-state index in [1.165, 1.54) is 6.08 Å². The highest BCUT2D eigenvalue weighted by molar-refractivity contribution is 6.04. The summed E-state index contributed by atoms with van der Waals surface area (Å²) in [4.78, 5) is 28.7. The number of aryl methyl sites for hydroxylation is 1. The van der Waals surface area contributed by atoms with Crippen molar-refractivity contribution in [1.29, 1.82) is 0 Å². The molecule has 0 spiro atoms. The quantitative estimate of drug-likeness (QED) is 0.224. The van der Waals surface area contributed by atoms with E-state index in [9.17, 15) is 14.7 Å². The van der Waals surface area contributed by atoms with E-state index in [1.807, 2.05) is 55.5 Å². The number of carboxylic acid groups (broad SMARTS) is 1. The van der Waals surface area contributed by atoms with Crippen molar-refractivity contribution in [2.75, 3.05) is 6.61 Å². The summed E-state index contributed by atoms with van der Waals surface area (Å²) in [5.41, 5.74) is 3.55. The highest BCUT2D eigenvalue weighted by Gasteiger charge is 2.13. The van der Waals surface area contributed by atoms with E-state index in [-0.39, 0.29) is 12.2 Å². The first-order valence-corrected chi connectivity index (χ1v) is 12.4. The van der Waals surface area contributed by atoms with Gasteiger partial charge in [-0.2, -0.15) is 0 Å². The molecule has 194 valence electrons. The van der Waals surface area contributed by atoms with E-state index < -0.39 is 12.0 Å². The van der Waals surface area contributed by atoms with Crippen LogP contribution in [-0.2, 0) is 17.6 Å². The SMILES string of the molecule is C/C(=C\C(=O)c1ccccc1)N[C@@H](Cc1ccc(OCCc2nc(-c3ccccc3)oc2C)cc1)C(=O)[O-]. The number of ketones is 1. The van der Waals surface area contributed by atoms with Crippen LogP contribution in [0.25, 0.3) is 11.5 Å². The number of hydrogen-bond acceptors (Lipinski definition) is 7. The number of carbonyl (C=O) groups excluding carboxylic acids is 2. The van der Waals surface area contributed by atoms with E-state index >= 15 is 0 Å². The third-order valence-electron chi connectivity index (χ3n) is 5.98. The predicted octanol–water partition coefficient (Wildman–Crippen LogP) is 4.31. The molecule has 1 heterocycles. The Balaban J connectivity index is 1.30. The lowest BCUT2D eigenvalue weighted by atomic mass is 10.1. The number of carboxylic acids is 1. The second-order valence-electron chi connectivity index (χ2n) is 8.91. The van der Waals surface area contributed by atoms with Crippen LogP contribution < -0.4 is 15.2 Å². The van der Waals surface area contributed by atoms with Crippen molar-refractivity contribution in [3.63, 3.8) is 0 Å². The highest BCUT2D eigenvalue weighted by Crippen LogP contribution is 2.22. The minimum absolute atomic E-state index is 0.188. The Morgan fingerprint density at radius 3 is 2.32 bits per heavy atom. The summed E-state index contributed by atoms with van der Waals surface area (Å²) in [7, 11) is 0. The smallest absolute Gasteiger partial charge is 0.226 e. The van der Waals surface area contributed by atoms with Crippen LogP contribution in [0.5, 0.6) is 5.75 Å². The first-order chi connectivity index (χ1) is 18.4. The number of ether oxygens (including phenoxy) is 1. The number of carbonyl (C=O) groups is 2. The molecule has 38 heavy (non-hydrogen) atoms. The lowest BCUT2D eigenvalue weighted by Crippen LogP contribution is -2.46. The number of rotatable bonds is 12. The second-order valence-corrected chi connectivity index (χ2v) is 8.91. The molecule has 1 N–H and O–H groups in total. The molecule has 0 unspecified atom stereocenters. The molecule has 0 radical (unpaired) electrons. The fourth-order valence-electron chi connectivity index (χ4n) is 3.98. The van der Waals surface area contributed by atoms with Gasteiger partial charge >= 0.3 is 0 Å². The molecule has 0 aliphatic rings. The normalized spacial score (nSPS) is 12.1. The van der Waals surface area contributed by atoms with Crippen LogP contribution in [0.15, 0.2) is 101 Å². The Kier molecular flexibility index (Phi) is 8.72. The van der Waals surface area contributed by atoms with Gasteiger partial charge in [-0.25, -0.2) is 4.98 Å². The summed E-state index contributed by atoms with van der Waals surface area (Å²) >= 11 is 0. The molecule has 0 saturated carbocycles. The van der Waals surface area contributed by atoms with Crippen LogP contribution in [0, 0.1) is 6.92 Å². The second kappa shape index (κ2) is 12.5. The molecule has 0 bridgehead atoms. The molecule has 0 aliphatic heterocycles.